The predicted octanol–water partition coefficient (Wildman–Crippen LogP) is 6.61. The van der Waals surface area contributed by atoms with Crippen LogP contribution in [0, 0.1) is 0 Å². The predicted molar refractivity (Wildman–Crippen MR) is 107 cm³/mol. The number of carbonyl (C=O) groups excluding carboxylic acids is 1. The van der Waals surface area contributed by atoms with Crippen LogP contribution in [0.15, 0.2) is 65.1 Å². The van der Waals surface area contributed by atoms with E-state index in [1.165, 1.54) is 11.5 Å². The normalized spacial score (nSPS) is 11.2. The van der Waals surface area contributed by atoms with Crippen LogP contribution in [0.4, 0.5) is 0 Å². The van der Waals surface area contributed by atoms with E-state index in [0.717, 1.165) is 16.5 Å². The van der Waals surface area contributed by atoms with Crippen molar-refractivity contribution in [2.24, 2.45) is 0 Å². The molecule has 0 aliphatic heterocycles. The summed E-state index contributed by atoms with van der Waals surface area (Å²) in [5, 5.41) is 2.23. The molecule has 25 heavy (non-hydrogen) atoms. The molecule has 0 saturated heterocycles. The number of halogens is 3. The molecule has 0 spiro atoms. The van der Waals surface area contributed by atoms with Crippen molar-refractivity contribution in [3.63, 3.8) is 0 Å². The Bertz CT molecular complexity index is 939. The van der Waals surface area contributed by atoms with Gasteiger partial charge in [-0.1, -0.05) is 60.1 Å². The van der Waals surface area contributed by atoms with E-state index in [1.54, 1.807) is 12.1 Å². The van der Waals surface area contributed by atoms with Crippen molar-refractivity contribution in [1.29, 1.82) is 0 Å². The summed E-state index contributed by atoms with van der Waals surface area (Å²) < 4.78 is 6.66. The van der Waals surface area contributed by atoms with Crippen LogP contribution in [-0.2, 0) is 11.4 Å². The first-order valence-electron chi connectivity index (χ1n) is 7.50. The molecule has 2 nitrogen and oxygen atoms in total. The average Bonchev–Trinajstić information content (AvgIpc) is 2.59. The first kappa shape index (κ1) is 18.0. The maximum absolute atomic E-state index is 10.8. The monoisotopic (exact) mass is 434 g/mol. The largest absolute Gasteiger partial charge is 0.486 e. The summed E-state index contributed by atoms with van der Waals surface area (Å²) in [5.74, 6) is 0.559. The van der Waals surface area contributed by atoms with E-state index in [-0.39, 0.29) is 0 Å². The number of ether oxygens (including phenoxy) is 1. The molecule has 0 N–H and O–H groups in total. The van der Waals surface area contributed by atoms with Crippen LogP contribution in [0.1, 0.15) is 11.1 Å². The Hall–Kier alpha value is -1.81. The highest BCUT2D eigenvalue weighted by Crippen LogP contribution is 2.36. The van der Waals surface area contributed by atoms with Gasteiger partial charge in [0.25, 0.3) is 0 Å². The summed E-state index contributed by atoms with van der Waals surface area (Å²) in [6.07, 6.45) is 2.87. The second-order valence-corrected chi connectivity index (χ2v) is 7.01. The van der Waals surface area contributed by atoms with Crippen molar-refractivity contribution < 1.29 is 9.53 Å². The van der Waals surface area contributed by atoms with Gasteiger partial charge in [0.1, 0.15) is 6.61 Å². The van der Waals surface area contributed by atoms with Crippen LogP contribution in [0.25, 0.3) is 16.8 Å². The molecule has 3 aromatic rings. The maximum Gasteiger partial charge on any atom is 0.245 e. The Balaban J connectivity index is 1.84. The lowest BCUT2D eigenvalue weighted by Crippen LogP contribution is -1.98. The molecule has 3 rings (SSSR count). The maximum atomic E-state index is 10.8. The minimum absolute atomic E-state index is 0.398. The number of hydrogen-bond acceptors (Lipinski definition) is 2. The van der Waals surface area contributed by atoms with Crippen molar-refractivity contribution >= 4 is 61.2 Å². The Morgan fingerprint density at radius 2 is 1.88 bits per heavy atom. The van der Waals surface area contributed by atoms with Crippen molar-refractivity contribution in [3.05, 3.63) is 81.3 Å². The molecule has 0 amide bonds. The third kappa shape index (κ3) is 4.43. The molecule has 0 aliphatic rings. The van der Waals surface area contributed by atoms with Gasteiger partial charge in [-0.15, -0.1) is 0 Å². The standard InChI is InChI=1S/C20H13BrCl2O2/c21-17-10-13(8-9-19(23)24)11-18(22)20(17)25-12-15-6-3-5-14-4-1-2-7-16(14)15/h1-11H,12H2/b9-8+. The van der Waals surface area contributed by atoms with Gasteiger partial charge in [-0.25, -0.2) is 0 Å². The van der Waals surface area contributed by atoms with E-state index in [0.29, 0.717) is 21.9 Å². The van der Waals surface area contributed by atoms with Crippen LogP contribution in [0.5, 0.6) is 5.75 Å². The van der Waals surface area contributed by atoms with E-state index < -0.39 is 5.24 Å². The lowest BCUT2D eigenvalue weighted by molar-refractivity contribution is -0.107. The molecule has 3 aromatic carbocycles. The summed E-state index contributed by atoms with van der Waals surface area (Å²) in [6.45, 7) is 0.398. The molecular formula is C20H13BrCl2O2. The van der Waals surface area contributed by atoms with Gasteiger partial charge >= 0.3 is 0 Å². The highest BCUT2D eigenvalue weighted by atomic mass is 79.9. The van der Waals surface area contributed by atoms with Crippen molar-refractivity contribution in [2.45, 2.75) is 6.61 Å². The molecule has 0 fully saturated rings. The molecule has 0 aliphatic carbocycles. The number of fused-ring (bicyclic) bond motifs is 1. The third-order valence-electron chi connectivity index (χ3n) is 3.68. The summed E-state index contributed by atoms with van der Waals surface area (Å²) in [5.41, 5.74) is 1.83. The van der Waals surface area contributed by atoms with Crippen molar-refractivity contribution in [2.75, 3.05) is 0 Å². The average molecular weight is 436 g/mol. The van der Waals surface area contributed by atoms with Gasteiger partial charge in [0.2, 0.25) is 5.24 Å². The molecule has 0 saturated carbocycles. The molecule has 0 aromatic heterocycles. The van der Waals surface area contributed by atoms with Crippen LogP contribution in [0.3, 0.4) is 0 Å². The number of allylic oxidation sites excluding steroid dienone is 1. The second-order valence-electron chi connectivity index (χ2n) is 5.38. The molecule has 0 radical (unpaired) electrons. The lowest BCUT2D eigenvalue weighted by Gasteiger charge is -2.12. The van der Waals surface area contributed by atoms with E-state index in [4.69, 9.17) is 27.9 Å². The molecule has 0 unspecified atom stereocenters. The number of benzene rings is 3. The van der Waals surface area contributed by atoms with Gasteiger partial charge in [-0.3, -0.25) is 4.79 Å². The van der Waals surface area contributed by atoms with Gasteiger partial charge in [0, 0.05) is 0 Å². The van der Waals surface area contributed by atoms with E-state index in [1.807, 2.05) is 30.3 Å². The van der Waals surface area contributed by atoms with Crippen LogP contribution >= 0.6 is 39.1 Å². The van der Waals surface area contributed by atoms with Crippen LogP contribution < -0.4 is 4.74 Å². The summed E-state index contributed by atoms with van der Waals surface area (Å²) in [4.78, 5) is 10.8. The van der Waals surface area contributed by atoms with Gasteiger partial charge < -0.3 is 4.74 Å². The van der Waals surface area contributed by atoms with Gasteiger partial charge in [-0.05, 0) is 67.6 Å². The highest BCUT2D eigenvalue weighted by Gasteiger charge is 2.10. The van der Waals surface area contributed by atoms with Crippen LogP contribution in [0.2, 0.25) is 5.02 Å². The molecule has 5 heteroatoms. The molecule has 126 valence electrons. The topological polar surface area (TPSA) is 26.3 Å². The fourth-order valence-electron chi connectivity index (χ4n) is 2.54. The van der Waals surface area contributed by atoms with E-state index in [9.17, 15) is 4.79 Å². The fourth-order valence-corrected chi connectivity index (χ4v) is 3.60. The van der Waals surface area contributed by atoms with Gasteiger partial charge in [0.05, 0.1) is 9.50 Å². The lowest BCUT2D eigenvalue weighted by atomic mass is 10.1. The first-order chi connectivity index (χ1) is 12.0. The summed E-state index contributed by atoms with van der Waals surface area (Å²) >= 11 is 15.1. The Kier molecular flexibility index (Phi) is 5.79. The molecule has 0 bridgehead atoms. The Morgan fingerprint density at radius 3 is 2.64 bits per heavy atom. The Labute approximate surface area is 164 Å². The highest BCUT2D eigenvalue weighted by molar-refractivity contribution is 9.10. The third-order valence-corrected chi connectivity index (χ3v) is 4.68. The summed E-state index contributed by atoms with van der Waals surface area (Å²) in [6, 6.07) is 17.8. The van der Waals surface area contributed by atoms with Gasteiger partial charge in [-0.2, -0.15) is 0 Å². The minimum atomic E-state index is -0.538. The number of hydrogen-bond donors (Lipinski definition) is 0. The first-order valence-corrected chi connectivity index (χ1v) is 9.05. The van der Waals surface area contributed by atoms with Crippen molar-refractivity contribution in [1.82, 2.24) is 0 Å². The Morgan fingerprint density at radius 1 is 1.12 bits per heavy atom. The quantitative estimate of drug-likeness (QED) is 0.332. The fraction of sp³-hybridized carbons (Fsp3) is 0.0500. The molecule has 0 heterocycles. The SMILES string of the molecule is O=C(Cl)/C=C/c1cc(Cl)c(OCc2cccc3ccccc23)c(Br)c1. The zero-order valence-electron chi connectivity index (χ0n) is 13.0. The van der Waals surface area contributed by atoms with E-state index in [2.05, 4.69) is 34.1 Å². The molecule has 0 atom stereocenters. The summed E-state index contributed by atoms with van der Waals surface area (Å²) in [7, 11) is 0. The zero-order chi connectivity index (χ0) is 17.8. The number of carbonyl (C=O) groups is 1. The van der Waals surface area contributed by atoms with Gasteiger partial charge in [0.15, 0.2) is 5.75 Å². The minimum Gasteiger partial charge on any atom is -0.486 e. The number of rotatable bonds is 5. The smallest absolute Gasteiger partial charge is 0.245 e. The van der Waals surface area contributed by atoms with E-state index >= 15 is 0 Å². The second kappa shape index (κ2) is 8.05. The van der Waals surface area contributed by atoms with Crippen LogP contribution in [-0.4, -0.2) is 5.24 Å². The molecular weight excluding hydrogens is 423 g/mol. The zero-order valence-corrected chi connectivity index (χ0v) is 16.1. The van der Waals surface area contributed by atoms with Crippen molar-refractivity contribution in [3.8, 4) is 5.75 Å².